The van der Waals surface area contributed by atoms with Gasteiger partial charge in [0.25, 0.3) is 11.9 Å². The van der Waals surface area contributed by atoms with Crippen molar-refractivity contribution in [3.05, 3.63) is 23.5 Å². The van der Waals surface area contributed by atoms with E-state index >= 15 is 0 Å². The standard InChI is InChI=1S/C17H23F4N3O2/c1-17(2,3)26-16(25)23(4)8-10-6-5-7-24(9-10)13-11(18)14(20)22-15(21)12(13)19/h10H,5-9H2,1-4H3. The molecule has 0 radical (unpaired) electrons. The van der Waals surface area contributed by atoms with Crippen LogP contribution in [-0.2, 0) is 4.74 Å². The van der Waals surface area contributed by atoms with Crippen molar-refractivity contribution in [3.8, 4) is 0 Å². The number of anilines is 1. The van der Waals surface area contributed by atoms with Crippen LogP contribution in [0.15, 0.2) is 0 Å². The number of carbonyl (C=O) groups excluding carboxylic acids is 1. The highest BCUT2D eigenvalue weighted by molar-refractivity contribution is 5.67. The monoisotopic (exact) mass is 377 g/mol. The Morgan fingerprint density at radius 2 is 1.81 bits per heavy atom. The molecule has 26 heavy (non-hydrogen) atoms. The molecule has 1 unspecified atom stereocenters. The lowest BCUT2D eigenvalue weighted by molar-refractivity contribution is 0.0269. The van der Waals surface area contributed by atoms with Gasteiger partial charge in [0.2, 0.25) is 11.6 Å². The number of hydrogen-bond acceptors (Lipinski definition) is 4. The Hall–Kier alpha value is -2.06. The summed E-state index contributed by atoms with van der Waals surface area (Å²) in [6, 6.07) is 0. The molecule has 5 nitrogen and oxygen atoms in total. The van der Waals surface area contributed by atoms with Crippen LogP contribution < -0.4 is 4.90 Å². The molecule has 1 atom stereocenters. The van der Waals surface area contributed by atoms with Gasteiger partial charge in [-0.3, -0.25) is 0 Å². The summed E-state index contributed by atoms with van der Waals surface area (Å²) in [7, 11) is 1.57. The summed E-state index contributed by atoms with van der Waals surface area (Å²) in [4.78, 5) is 17.3. The molecule has 1 aromatic heterocycles. The van der Waals surface area contributed by atoms with E-state index in [1.54, 1.807) is 27.8 Å². The molecule has 0 bridgehead atoms. The number of pyridine rings is 1. The molecule has 2 heterocycles. The van der Waals surface area contributed by atoms with Crippen LogP contribution in [-0.4, -0.2) is 48.3 Å². The van der Waals surface area contributed by atoms with E-state index in [4.69, 9.17) is 4.74 Å². The zero-order valence-electron chi connectivity index (χ0n) is 15.3. The third kappa shape index (κ3) is 4.76. The quantitative estimate of drug-likeness (QED) is 0.595. The molecule has 1 fully saturated rings. The van der Waals surface area contributed by atoms with Crippen LogP contribution in [0.1, 0.15) is 33.6 Å². The van der Waals surface area contributed by atoms with Crippen LogP contribution in [0.2, 0.25) is 0 Å². The van der Waals surface area contributed by atoms with Crippen molar-refractivity contribution >= 4 is 11.8 Å². The first kappa shape index (κ1) is 20.3. The third-order valence-corrected chi connectivity index (χ3v) is 4.05. The fraction of sp³-hybridized carbons (Fsp3) is 0.647. The Kier molecular flexibility index (Phi) is 5.98. The van der Waals surface area contributed by atoms with Gasteiger partial charge in [0, 0.05) is 26.7 Å². The van der Waals surface area contributed by atoms with Gasteiger partial charge in [0.1, 0.15) is 11.3 Å². The molecule has 0 saturated carbocycles. The Morgan fingerprint density at radius 1 is 1.23 bits per heavy atom. The SMILES string of the molecule is CN(CC1CCCN(c2c(F)c(F)nc(F)c2F)C1)C(=O)OC(C)(C)C. The van der Waals surface area contributed by atoms with Crippen molar-refractivity contribution in [2.45, 2.75) is 39.2 Å². The number of piperidine rings is 1. The first-order valence-electron chi connectivity index (χ1n) is 8.38. The Balaban J connectivity index is 2.10. The minimum absolute atomic E-state index is 0.126. The second-order valence-electron chi connectivity index (χ2n) is 7.49. The Bertz CT molecular complexity index is 653. The van der Waals surface area contributed by atoms with Crippen LogP contribution in [0.3, 0.4) is 0 Å². The molecule has 1 aromatic rings. The molecule has 9 heteroatoms. The Labute approximate surface area is 149 Å². The Morgan fingerprint density at radius 3 is 2.35 bits per heavy atom. The van der Waals surface area contributed by atoms with Gasteiger partial charge in [0.05, 0.1) is 0 Å². The van der Waals surface area contributed by atoms with Gasteiger partial charge in [0.15, 0.2) is 0 Å². The van der Waals surface area contributed by atoms with Crippen molar-refractivity contribution in [3.63, 3.8) is 0 Å². The molecular formula is C17H23F4N3O2. The summed E-state index contributed by atoms with van der Waals surface area (Å²) >= 11 is 0. The fourth-order valence-electron chi connectivity index (χ4n) is 2.97. The zero-order valence-corrected chi connectivity index (χ0v) is 15.3. The van der Waals surface area contributed by atoms with Crippen molar-refractivity contribution in [2.75, 3.05) is 31.6 Å². The number of amides is 1. The molecule has 0 N–H and O–H groups in total. The van der Waals surface area contributed by atoms with Crippen molar-refractivity contribution < 1.29 is 27.1 Å². The zero-order chi connectivity index (χ0) is 19.6. The smallest absolute Gasteiger partial charge is 0.410 e. The minimum Gasteiger partial charge on any atom is -0.444 e. The van der Waals surface area contributed by atoms with Gasteiger partial charge in [-0.25, -0.2) is 4.79 Å². The predicted octanol–water partition coefficient (Wildman–Crippen LogP) is 3.72. The topological polar surface area (TPSA) is 45.7 Å². The average Bonchev–Trinajstić information content (AvgIpc) is 2.52. The first-order valence-corrected chi connectivity index (χ1v) is 8.38. The van der Waals surface area contributed by atoms with Crippen LogP contribution in [0.5, 0.6) is 0 Å². The van der Waals surface area contributed by atoms with Crippen molar-refractivity contribution in [1.82, 2.24) is 9.88 Å². The van der Waals surface area contributed by atoms with Crippen molar-refractivity contribution in [1.29, 1.82) is 0 Å². The van der Waals surface area contributed by atoms with E-state index in [0.717, 1.165) is 0 Å². The van der Waals surface area contributed by atoms with Gasteiger partial charge < -0.3 is 14.5 Å². The van der Waals surface area contributed by atoms with Gasteiger partial charge in [-0.1, -0.05) is 0 Å². The maximum absolute atomic E-state index is 14.0. The van der Waals surface area contributed by atoms with E-state index < -0.39 is 40.9 Å². The number of nitrogens with zero attached hydrogens (tertiary/aromatic N) is 3. The summed E-state index contributed by atoms with van der Waals surface area (Å²) in [5.41, 5.74) is -1.39. The largest absolute Gasteiger partial charge is 0.444 e. The molecule has 146 valence electrons. The van der Waals surface area contributed by atoms with Crippen LogP contribution in [0.4, 0.5) is 28.0 Å². The van der Waals surface area contributed by atoms with Crippen LogP contribution in [0, 0.1) is 29.4 Å². The lowest BCUT2D eigenvalue weighted by Gasteiger charge is -2.36. The van der Waals surface area contributed by atoms with Crippen LogP contribution >= 0.6 is 0 Å². The second kappa shape index (κ2) is 7.67. The van der Waals surface area contributed by atoms with E-state index in [9.17, 15) is 22.4 Å². The summed E-state index contributed by atoms with van der Waals surface area (Å²) < 4.78 is 59.9. The highest BCUT2D eigenvalue weighted by Gasteiger charge is 2.30. The molecule has 0 aliphatic carbocycles. The van der Waals surface area contributed by atoms with Gasteiger partial charge in [-0.15, -0.1) is 0 Å². The maximum Gasteiger partial charge on any atom is 0.410 e. The van der Waals surface area contributed by atoms with E-state index in [0.29, 0.717) is 19.4 Å². The summed E-state index contributed by atoms with van der Waals surface area (Å²) in [6.45, 7) is 5.95. The lowest BCUT2D eigenvalue weighted by Crippen LogP contribution is -2.43. The highest BCUT2D eigenvalue weighted by Crippen LogP contribution is 2.30. The predicted molar refractivity (Wildman–Crippen MR) is 87.9 cm³/mol. The number of carbonyl (C=O) groups is 1. The third-order valence-electron chi connectivity index (χ3n) is 4.05. The van der Waals surface area contributed by atoms with Crippen molar-refractivity contribution in [2.24, 2.45) is 5.92 Å². The molecule has 1 amide bonds. The summed E-state index contributed by atoms with van der Waals surface area (Å²) in [6.07, 6.45) is 0.771. The molecule has 1 aliphatic heterocycles. The number of aromatic nitrogens is 1. The van der Waals surface area contributed by atoms with Gasteiger partial charge >= 0.3 is 6.09 Å². The van der Waals surface area contributed by atoms with E-state index in [2.05, 4.69) is 4.98 Å². The maximum atomic E-state index is 14.0. The van der Waals surface area contributed by atoms with E-state index in [-0.39, 0.29) is 19.0 Å². The second-order valence-corrected chi connectivity index (χ2v) is 7.49. The molecule has 1 aliphatic rings. The summed E-state index contributed by atoms with van der Waals surface area (Å²) in [5.74, 6) is -6.49. The number of halogens is 4. The minimum atomic E-state index is -1.67. The number of hydrogen-bond donors (Lipinski definition) is 0. The fourth-order valence-corrected chi connectivity index (χ4v) is 2.97. The van der Waals surface area contributed by atoms with Crippen LogP contribution in [0.25, 0.3) is 0 Å². The first-order chi connectivity index (χ1) is 12.0. The average molecular weight is 377 g/mol. The molecular weight excluding hydrogens is 354 g/mol. The normalized spacial score (nSPS) is 18.0. The number of rotatable bonds is 3. The van der Waals surface area contributed by atoms with Gasteiger partial charge in [-0.2, -0.15) is 22.5 Å². The van der Waals surface area contributed by atoms with E-state index in [1.165, 1.54) is 9.80 Å². The molecule has 0 aromatic carbocycles. The molecule has 1 saturated heterocycles. The molecule has 2 rings (SSSR count). The lowest BCUT2D eigenvalue weighted by atomic mass is 9.97. The molecule has 0 spiro atoms. The summed E-state index contributed by atoms with van der Waals surface area (Å²) in [5, 5.41) is 0. The highest BCUT2D eigenvalue weighted by atomic mass is 19.2. The van der Waals surface area contributed by atoms with Gasteiger partial charge in [-0.05, 0) is 39.5 Å². The number of ether oxygens (including phenoxy) is 1. The van der Waals surface area contributed by atoms with E-state index in [1.807, 2.05) is 0 Å².